The molecule has 0 unspecified atom stereocenters. The lowest BCUT2D eigenvalue weighted by molar-refractivity contribution is -0.134. The van der Waals surface area contributed by atoms with E-state index in [9.17, 15) is 9.59 Å². The van der Waals surface area contributed by atoms with Gasteiger partial charge in [-0.05, 0) is 56.2 Å². The van der Waals surface area contributed by atoms with Crippen molar-refractivity contribution in [2.45, 2.75) is 38.6 Å². The van der Waals surface area contributed by atoms with Crippen molar-refractivity contribution in [3.05, 3.63) is 35.0 Å². The fourth-order valence-electron chi connectivity index (χ4n) is 3.71. The summed E-state index contributed by atoms with van der Waals surface area (Å²) in [7, 11) is 0. The molecule has 2 aromatic rings. The first-order chi connectivity index (χ1) is 12.0. The normalized spacial score (nSPS) is 19.8. The average molecular weight is 360 g/mol. The van der Waals surface area contributed by atoms with E-state index in [1.54, 1.807) is 25.1 Å². The molecule has 1 aromatic carbocycles. The number of piperidine rings is 1. The van der Waals surface area contributed by atoms with Crippen LogP contribution in [0.4, 0.5) is 0 Å². The van der Waals surface area contributed by atoms with Crippen molar-refractivity contribution in [2.24, 2.45) is 5.41 Å². The van der Waals surface area contributed by atoms with Crippen LogP contribution in [0.5, 0.6) is 0 Å². The Bertz CT molecular complexity index is 830. The van der Waals surface area contributed by atoms with Gasteiger partial charge in [0.1, 0.15) is 11.7 Å². The van der Waals surface area contributed by atoms with Gasteiger partial charge in [0.25, 0.3) is 5.91 Å². The maximum absolute atomic E-state index is 12.6. The van der Waals surface area contributed by atoms with Crippen LogP contribution in [0.2, 0.25) is 5.02 Å². The Labute approximate surface area is 151 Å². The second-order valence-corrected chi connectivity index (χ2v) is 7.87. The van der Waals surface area contributed by atoms with Gasteiger partial charge in [0.05, 0.1) is 0 Å². The lowest BCUT2D eigenvalue weighted by atomic mass is 9.93. The van der Waals surface area contributed by atoms with Crippen molar-refractivity contribution in [1.29, 1.82) is 0 Å². The van der Waals surface area contributed by atoms with E-state index in [-0.39, 0.29) is 11.8 Å². The molecular weight excluding hydrogens is 338 g/mol. The van der Waals surface area contributed by atoms with Crippen molar-refractivity contribution in [2.75, 3.05) is 13.1 Å². The van der Waals surface area contributed by atoms with Crippen LogP contribution in [0.1, 0.15) is 43.1 Å². The van der Waals surface area contributed by atoms with Crippen molar-refractivity contribution in [3.63, 3.8) is 0 Å². The van der Waals surface area contributed by atoms with Crippen LogP contribution in [0.15, 0.2) is 24.3 Å². The number of halogens is 1. The predicted octanol–water partition coefficient (Wildman–Crippen LogP) is 3.34. The number of hydrogen-bond donors (Lipinski definition) is 2. The number of carbonyl (C=O) groups is 2. The van der Waals surface area contributed by atoms with E-state index < -0.39 is 6.04 Å². The first kappa shape index (κ1) is 16.5. The van der Waals surface area contributed by atoms with E-state index in [4.69, 9.17) is 11.6 Å². The van der Waals surface area contributed by atoms with Gasteiger partial charge in [-0.25, -0.2) is 0 Å². The van der Waals surface area contributed by atoms with Crippen LogP contribution >= 0.6 is 11.6 Å². The Morgan fingerprint density at radius 1 is 1.20 bits per heavy atom. The molecule has 1 spiro atoms. The molecule has 1 aliphatic carbocycles. The number of likely N-dealkylation sites (tertiary alicyclic amines) is 1. The molecule has 1 saturated heterocycles. The van der Waals surface area contributed by atoms with E-state index in [0.29, 0.717) is 16.1 Å². The second-order valence-electron chi connectivity index (χ2n) is 7.44. The summed E-state index contributed by atoms with van der Waals surface area (Å²) in [4.78, 5) is 30.0. The van der Waals surface area contributed by atoms with E-state index in [0.717, 1.165) is 36.8 Å². The monoisotopic (exact) mass is 359 g/mol. The van der Waals surface area contributed by atoms with Crippen LogP contribution in [-0.2, 0) is 4.79 Å². The summed E-state index contributed by atoms with van der Waals surface area (Å²) in [6, 6.07) is 6.67. The molecule has 1 saturated carbocycles. The topological polar surface area (TPSA) is 65.2 Å². The van der Waals surface area contributed by atoms with E-state index in [1.165, 1.54) is 12.8 Å². The molecule has 2 fully saturated rings. The van der Waals surface area contributed by atoms with Crippen molar-refractivity contribution >= 4 is 34.3 Å². The van der Waals surface area contributed by atoms with Crippen LogP contribution in [0, 0.1) is 5.41 Å². The fraction of sp³-hybridized carbons (Fsp3) is 0.474. The maximum Gasteiger partial charge on any atom is 0.268 e. The number of aromatic amines is 1. The largest absolute Gasteiger partial charge is 0.350 e. The van der Waals surface area contributed by atoms with Gasteiger partial charge in [-0.3, -0.25) is 9.59 Å². The molecular formula is C19H22ClN3O2. The van der Waals surface area contributed by atoms with Crippen LogP contribution in [0.3, 0.4) is 0 Å². The molecule has 25 heavy (non-hydrogen) atoms. The summed E-state index contributed by atoms with van der Waals surface area (Å²) in [6.45, 7) is 3.37. The zero-order valence-electron chi connectivity index (χ0n) is 14.3. The minimum atomic E-state index is -0.532. The molecule has 2 amide bonds. The molecule has 132 valence electrons. The molecule has 4 rings (SSSR count). The molecule has 0 radical (unpaired) electrons. The quantitative estimate of drug-likeness (QED) is 0.882. The van der Waals surface area contributed by atoms with Gasteiger partial charge in [-0.1, -0.05) is 17.7 Å². The third kappa shape index (κ3) is 3.25. The highest BCUT2D eigenvalue weighted by molar-refractivity contribution is 6.31. The number of carbonyl (C=O) groups excluding carboxylic acids is 2. The van der Waals surface area contributed by atoms with Crippen molar-refractivity contribution in [1.82, 2.24) is 15.2 Å². The highest BCUT2D eigenvalue weighted by Gasteiger charge is 2.45. The molecule has 2 heterocycles. The Kier molecular flexibility index (Phi) is 3.99. The first-order valence-corrected chi connectivity index (χ1v) is 9.22. The number of rotatable bonds is 3. The molecule has 1 aromatic heterocycles. The van der Waals surface area contributed by atoms with Gasteiger partial charge in [-0.2, -0.15) is 0 Å². The van der Waals surface area contributed by atoms with Crippen molar-refractivity contribution in [3.8, 4) is 0 Å². The summed E-state index contributed by atoms with van der Waals surface area (Å²) in [5, 5.41) is 4.34. The summed E-state index contributed by atoms with van der Waals surface area (Å²) in [6.07, 6.45) is 4.82. The van der Waals surface area contributed by atoms with Crippen LogP contribution in [-0.4, -0.2) is 40.8 Å². The SMILES string of the molecule is C[C@@H](NC(=O)c1cc2ccc(Cl)cc2[nH]1)C(=O)N1CCC2(CC1)CC2. The maximum atomic E-state index is 12.6. The van der Waals surface area contributed by atoms with Gasteiger partial charge in [0.15, 0.2) is 0 Å². The van der Waals surface area contributed by atoms with Gasteiger partial charge in [0.2, 0.25) is 5.91 Å². The minimum absolute atomic E-state index is 0.00278. The number of aromatic nitrogens is 1. The Morgan fingerprint density at radius 3 is 2.60 bits per heavy atom. The standard InChI is InChI=1S/C19H22ClN3O2/c1-12(18(25)23-8-6-19(4-5-19)7-9-23)21-17(24)16-10-13-2-3-14(20)11-15(13)22-16/h2-3,10-12,22H,4-9H2,1H3,(H,21,24)/t12-/m1/s1. The summed E-state index contributed by atoms with van der Waals surface area (Å²) < 4.78 is 0. The van der Waals surface area contributed by atoms with Gasteiger partial charge >= 0.3 is 0 Å². The van der Waals surface area contributed by atoms with Gasteiger partial charge < -0.3 is 15.2 Å². The van der Waals surface area contributed by atoms with Crippen LogP contribution in [0.25, 0.3) is 10.9 Å². The van der Waals surface area contributed by atoms with E-state index in [1.807, 2.05) is 11.0 Å². The minimum Gasteiger partial charge on any atom is -0.350 e. The molecule has 6 heteroatoms. The summed E-state index contributed by atoms with van der Waals surface area (Å²) in [5.74, 6) is -0.271. The molecule has 2 N–H and O–H groups in total. The molecule has 2 aliphatic rings. The number of nitrogens with one attached hydrogen (secondary N) is 2. The zero-order valence-corrected chi connectivity index (χ0v) is 15.0. The number of H-pyrrole nitrogens is 1. The lowest BCUT2D eigenvalue weighted by Gasteiger charge is -2.33. The molecule has 1 atom stereocenters. The Morgan fingerprint density at radius 2 is 1.92 bits per heavy atom. The smallest absolute Gasteiger partial charge is 0.268 e. The number of hydrogen-bond acceptors (Lipinski definition) is 2. The summed E-state index contributed by atoms with van der Waals surface area (Å²) in [5.41, 5.74) is 1.78. The van der Waals surface area contributed by atoms with Crippen molar-refractivity contribution < 1.29 is 9.59 Å². The molecule has 5 nitrogen and oxygen atoms in total. The number of benzene rings is 1. The average Bonchev–Trinajstić information content (AvgIpc) is 3.21. The van der Waals surface area contributed by atoms with Gasteiger partial charge in [-0.15, -0.1) is 0 Å². The number of fused-ring (bicyclic) bond motifs is 1. The zero-order chi connectivity index (χ0) is 17.6. The van der Waals surface area contributed by atoms with Crippen LogP contribution < -0.4 is 5.32 Å². The highest BCUT2D eigenvalue weighted by atomic mass is 35.5. The number of nitrogens with zero attached hydrogens (tertiary/aromatic N) is 1. The number of amides is 2. The van der Waals surface area contributed by atoms with E-state index >= 15 is 0 Å². The Balaban J connectivity index is 1.39. The summed E-state index contributed by atoms with van der Waals surface area (Å²) >= 11 is 5.97. The van der Waals surface area contributed by atoms with Gasteiger partial charge in [0, 0.05) is 29.0 Å². The lowest BCUT2D eigenvalue weighted by Crippen LogP contribution is -2.49. The third-order valence-electron chi connectivity index (χ3n) is 5.64. The highest BCUT2D eigenvalue weighted by Crippen LogP contribution is 2.53. The first-order valence-electron chi connectivity index (χ1n) is 8.84. The molecule has 0 bridgehead atoms. The predicted molar refractivity (Wildman–Crippen MR) is 97.7 cm³/mol. The fourth-order valence-corrected chi connectivity index (χ4v) is 3.88. The Hall–Kier alpha value is -2.01. The second kappa shape index (κ2) is 6.06. The molecule has 1 aliphatic heterocycles. The van der Waals surface area contributed by atoms with E-state index in [2.05, 4.69) is 10.3 Å². The third-order valence-corrected chi connectivity index (χ3v) is 5.88.